The maximum atomic E-state index is 13.7. The molecular weight excluding hydrogens is 349 g/mol. The van der Waals surface area contributed by atoms with Crippen molar-refractivity contribution in [2.45, 2.75) is 20.0 Å². The number of hydrogen-bond donors (Lipinski definition) is 2. The summed E-state index contributed by atoms with van der Waals surface area (Å²) in [4.78, 5) is 4.19. The molecule has 2 aromatic rings. The summed E-state index contributed by atoms with van der Waals surface area (Å²) in [6, 6.07) is 11.9. The van der Waals surface area contributed by atoms with Gasteiger partial charge in [-0.15, -0.1) is 0 Å². The van der Waals surface area contributed by atoms with E-state index in [4.69, 9.17) is 14.2 Å². The van der Waals surface area contributed by atoms with Crippen LogP contribution in [0.5, 0.6) is 17.2 Å². The molecule has 7 heteroatoms. The molecule has 2 aromatic carbocycles. The Morgan fingerprint density at radius 1 is 1.15 bits per heavy atom. The van der Waals surface area contributed by atoms with Gasteiger partial charge in [0.2, 0.25) is 0 Å². The lowest BCUT2D eigenvalue weighted by atomic mass is 10.2. The summed E-state index contributed by atoms with van der Waals surface area (Å²) in [6.45, 7) is 4.75. The van der Waals surface area contributed by atoms with Gasteiger partial charge in [0.25, 0.3) is 0 Å². The van der Waals surface area contributed by atoms with Crippen LogP contribution in [0.15, 0.2) is 47.5 Å². The second-order valence-corrected chi connectivity index (χ2v) is 5.74. The second-order valence-electron chi connectivity index (χ2n) is 5.74. The minimum absolute atomic E-state index is 0.228. The molecule has 0 amide bonds. The Morgan fingerprint density at radius 2 is 1.93 bits per heavy atom. The number of benzene rings is 2. The third-order valence-electron chi connectivity index (χ3n) is 3.67. The quantitative estimate of drug-likeness (QED) is 0.544. The lowest BCUT2D eigenvalue weighted by molar-refractivity contribution is 0.214. The predicted octanol–water partition coefficient (Wildman–Crippen LogP) is 3.69. The van der Waals surface area contributed by atoms with Gasteiger partial charge < -0.3 is 24.8 Å². The van der Waals surface area contributed by atoms with Gasteiger partial charge >= 0.3 is 0 Å². The summed E-state index contributed by atoms with van der Waals surface area (Å²) in [7, 11) is 3.27. The Balaban J connectivity index is 1.94. The van der Waals surface area contributed by atoms with Crippen molar-refractivity contribution in [3.8, 4) is 17.2 Å². The molecule has 27 heavy (non-hydrogen) atoms. The minimum Gasteiger partial charge on any atom is -0.493 e. The van der Waals surface area contributed by atoms with E-state index in [2.05, 4.69) is 15.6 Å². The first-order valence-electron chi connectivity index (χ1n) is 8.77. The topological polar surface area (TPSA) is 64.1 Å². The molecule has 0 heterocycles. The van der Waals surface area contributed by atoms with Gasteiger partial charge in [-0.1, -0.05) is 12.1 Å². The van der Waals surface area contributed by atoms with Gasteiger partial charge in [-0.05, 0) is 38.1 Å². The number of aliphatic imine (C=N–C) groups is 1. The molecule has 0 spiro atoms. The van der Waals surface area contributed by atoms with E-state index in [1.165, 1.54) is 6.07 Å². The predicted molar refractivity (Wildman–Crippen MR) is 106 cm³/mol. The van der Waals surface area contributed by atoms with E-state index in [1.807, 2.05) is 32.0 Å². The van der Waals surface area contributed by atoms with Gasteiger partial charge in [0, 0.05) is 18.8 Å². The molecule has 0 fully saturated rings. The number of ether oxygens (including phenoxy) is 3. The average molecular weight is 375 g/mol. The van der Waals surface area contributed by atoms with E-state index in [-0.39, 0.29) is 17.7 Å². The van der Waals surface area contributed by atoms with Crippen molar-refractivity contribution in [2.75, 3.05) is 32.6 Å². The van der Waals surface area contributed by atoms with Crippen molar-refractivity contribution in [2.24, 2.45) is 4.99 Å². The summed E-state index contributed by atoms with van der Waals surface area (Å²) >= 11 is 0. The standard InChI is InChI=1S/C20H26FN3O3/c1-5-26-19-12-15(10-11-18(19)25-4)24-20(22-3)23-13-14(2)27-17-9-7-6-8-16(17)21/h6-12,14H,5,13H2,1-4H3,(H2,22,23,24). The molecule has 2 N–H and O–H groups in total. The molecule has 0 aliphatic heterocycles. The minimum atomic E-state index is -0.381. The first kappa shape index (κ1) is 20.4. The Kier molecular flexibility index (Phi) is 7.73. The van der Waals surface area contributed by atoms with E-state index < -0.39 is 0 Å². The van der Waals surface area contributed by atoms with E-state index in [0.29, 0.717) is 30.6 Å². The molecule has 0 aromatic heterocycles. The van der Waals surface area contributed by atoms with Crippen LogP contribution in [0.4, 0.5) is 10.1 Å². The van der Waals surface area contributed by atoms with Crippen molar-refractivity contribution < 1.29 is 18.6 Å². The Labute approximate surface area is 159 Å². The van der Waals surface area contributed by atoms with Crippen LogP contribution in [0.25, 0.3) is 0 Å². The fourth-order valence-corrected chi connectivity index (χ4v) is 2.38. The van der Waals surface area contributed by atoms with Crippen molar-refractivity contribution in [1.29, 1.82) is 0 Å². The molecule has 0 bridgehead atoms. The van der Waals surface area contributed by atoms with E-state index in [1.54, 1.807) is 32.4 Å². The molecular formula is C20H26FN3O3. The smallest absolute Gasteiger partial charge is 0.195 e. The Hall–Kier alpha value is -2.96. The monoisotopic (exact) mass is 375 g/mol. The first-order chi connectivity index (χ1) is 13.1. The number of methoxy groups -OCH3 is 1. The molecule has 146 valence electrons. The van der Waals surface area contributed by atoms with Gasteiger partial charge in [-0.3, -0.25) is 4.99 Å². The Morgan fingerprint density at radius 3 is 2.59 bits per heavy atom. The van der Waals surface area contributed by atoms with Gasteiger partial charge in [0.15, 0.2) is 29.0 Å². The van der Waals surface area contributed by atoms with Crippen LogP contribution < -0.4 is 24.8 Å². The van der Waals surface area contributed by atoms with Crippen LogP contribution in [0.1, 0.15) is 13.8 Å². The summed E-state index contributed by atoms with van der Waals surface area (Å²) in [5, 5.41) is 6.34. The highest BCUT2D eigenvalue weighted by atomic mass is 19.1. The van der Waals surface area contributed by atoms with Gasteiger partial charge in [-0.25, -0.2) is 4.39 Å². The number of nitrogens with zero attached hydrogens (tertiary/aromatic N) is 1. The third-order valence-corrected chi connectivity index (χ3v) is 3.67. The first-order valence-corrected chi connectivity index (χ1v) is 8.77. The van der Waals surface area contributed by atoms with Gasteiger partial charge in [0.1, 0.15) is 6.10 Å². The lowest BCUT2D eigenvalue weighted by Crippen LogP contribution is -2.37. The van der Waals surface area contributed by atoms with Crippen LogP contribution in [0.2, 0.25) is 0 Å². The van der Waals surface area contributed by atoms with Gasteiger partial charge in [0.05, 0.1) is 20.3 Å². The molecule has 0 radical (unpaired) electrons. The number of halogens is 1. The number of guanidine groups is 1. The molecule has 1 atom stereocenters. The van der Waals surface area contributed by atoms with E-state index in [9.17, 15) is 4.39 Å². The highest BCUT2D eigenvalue weighted by Gasteiger charge is 2.10. The fourth-order valence-electron chi connectivity index (χ4n) is 2.38. The fraction of sp³-hybridized carbons (Fsp3) is 0.350. The number of para-hydroxylation sites is 1. The van der Waals surface area contributed by atoms with Crippen molar-refractivity contribution in [3.63, 3.8) is 0 Å². The maximum absolute atomic E-state index is 13.7. The summed E-state index contributed by atoms with van der Waals surface area (Å²) < 4.78 is 30.1. The SMILES string of the molecule is CCOc1cc(NC(=NC)NCC(C)Oc2ccccc2F)ccc1OC. The highest BCUT2D eigenvalue weighted by Crippen LogP contribution is 2.30. The zero-order valence-corrected chi connectivity index (χ0v) is 16.1. The number of rotatable bonds is 8. The van der Waals surface area contributed by atoms with Crippen LogP contribution in [-0.4, -0.2) is 39.4 Å². The molecule has 0 saturated carbocycles. The Bertz CT molecular complexity index is 768. The average Bonchev–Trinajstić information content (AvgIpc) is 2.67. The van der Waals surface area contributed by atoms with Crippen LogP contribution in [0, 0.1) is 5.82 Å². The number of hydrogen-bond acceptors (Lipinski definition) is 4. The number of anilines is 1. The zero-order chi connectivity index (χ0) is 19.6. The van der Waals surface area contributed by atoms with Crippen LogP contribution in [-0.2, 0) is 0 Å². The zero-order valence-electron chi connectivity index (χ0n) is 16.1. The molecule has 6 nitrogen and oxygen atoms in total. The third kappa shape index (κ3) is 6.06. The molecule has 0 aliphatic rings. The van der Waals surface area contributed by atoms with Crippen molar-refractivity contribution in [1.82, 2.24) is 5.32 Å². The van der Waals surface area contributed by atoms with E-state index in [0.717, 1.165) is 5.69 Å². The van der Waals surface area contributed by atoms with E-state index >= 15 is 0 Å². The van der Waals surface area contributed by atoms with Crippen molar-refractivity contribution >= 4 is 11.6 Å². The lowest BCUT2D eigenvalue weighted by Gasteiger charge is -2.18. The summed E-state index contributed by atoms with van der Waals surface area (Å²) in [5.74, 6) is 1.72. The second kappa shape index (κ2) is 10.3. The van der Waals surface area contributed by atoms with Crippen LogP contribution >= 0.6 is 0 Å². The largest absolute Gasteiger partial charge is 0.493 e. The molecule has 1 unspecified atom stereocenters. The van der Waals surface area contributed by atoms with Crippen LogP contribution in [0.3, 0.4) is 0 Å². The molecule has 0 saturated heterocycles. The molecule has 0 aliphatic carbocycles. The van der Waals surface area contributed by atoms with Crippen molar-refractivity contribution in [3.05, 3.63) is 48.3 Å². The van der Waals surface area contributed by atoms with Gasteiger partial charge in [-0.2, -0.15) is 0 Å². The maximum Gasteiger partial charge on any atom is 0.195 e. The summed E-state index contributed by atoms with van der Waals surface area (Å²) in [5.41, 5.74) is 0.801. The summed E-state index contributed by atoms with van der Waals surface area (Å²) in [6.07, 6.45) is -0.254. The number of nitrogens with one attached hydrogen (secondary N) is 2. The normalized spacial score (nSPS) is 12.3. The highest BCUT2D eigenvalue weighted by molar-refractivity contribution is 5.93. The molecule has 2 rings (SSSR count).